The lowest BCUT2D eigenvalue weighted by Crippen LogP contribution is -2.48. The Morgan fingerprint density at radius 2 is 1.90 bits per heavy atom. The van der Waals surface area contributed by atoms with E-state index in [9.17, 15) is 4.79 Å². The molecule has 2 heterocycles. The molecule has 6 nitrogen and oxygen atoms in total. The van der Waals surface area contributed by atoms with Crippen molar-refractivity contribution in [3.05, 3.63) is 47.0 Å². The van der Waals surface area contributed by atoms with Crippen molar-refractivity contribution < 1.29 is 28.2 Å². The van der Waals surface area contributed by atoms with Gasteiger partial charge in [-0.2, -0.15) is 0 Å². The lowest BCUT2D eigenvalue weighted by molar-refractivity contribution is -0.922. The van der Waals surface area contributed by atoms with Gasteiger partial charge in [-0.15, -0.1) is 0 Å². The fraction of sp³-hybridized carbons (Fsp3) is 0.435. The van der Waals surface area contributed by atoms with Crippen molar-refractivity contribution in [3.63, 3.8) is 0 Å². The Balaban J connectivity index is 1.63. The lowest BCUT2D eigenvalue weighted by atomic mass is 9.86. The zero-order valence-corrected chi connectivity index (χ0v) is 17.5. The zero-order valence-electron chi connectivity index (χ0n) is 17.5. The van der Waals surface area contributed by atoms with Crippen LogP contribution in [0.15, 0.2) is 30.3 Å². The van der Waals surface area contributed by atoms with E-state index in [-0.39, 0.29) is 18.6 Å². The molecule has 0 aliphatic carbocycles. The maximum atomic E-state index is 13.0. The van der Waals surface area contributed by atoms with Gasteiger partial charge in [0, 0.05) is 12.8 Å². The number of Topliss-reactive ketones (excluding diaryl/α,β-unsaturated/α-hetero) is 1. The fourth-order valence-corrected chi connectivity index (χ4v) is 4.37. The summed E-state index contributed by atoms with van der Waals surface area (Å²) in [5, 5.41) is 0. The third-order valence-corrected chi connectivity index (χ3v) is 6.06. The van der Waals surface area contributed by atoms with Gasteiger partial charge in [-0.05, 0) is 29.3 Å². The van der Waals surface area contributed by atoms with Crippen LogP contribution < -0.4 is 18.9 Å². The van der Waals surface area contributed by atoms with Crippen LogP contribution in [-0.4, -0.2) is 51.9 Å². The Labute approximate surface area is 171 Å². The number of hydrogen-bond acceptors (Lipinski definition) is 5. The number of likely N-dealkylation sites (N-methyl/N-ethyl adjacent to an activating group) is 1. The molecule has 2 aliphatic heterocycles. The van der Waals surface area contributed by atoms with Crippen LogP contribution in [-0.2, 0) is 17.6 Å². The standard InChI is InChI=1S/C23H28NO5/c1-24(2)10-9-16-12-20-22(29-14-28-20)23(27-4)21(16)19(24)13-17(25)11-15-5-7-18(26-3)8-6-15/h5-8,12,19H,9-11,13-14H2,1-4H3/q+1/t19-/m1/s1. The highest BCUT2D eigenvalue weighted by Gasteiger charge is 2.42. The third-order valence-electron chi connectivity index (χ3n) is 6.06. The number of fused-ring (bicyclic) bond motifs is 2. The summed E-state index contributed by atoms with van der Waals surface area (Å²) < 4.78 is 23.0. The van der Waals surface area contributed by atoms with E-state index in [0.717, 1.165) is 40.1 Å². The van der Waals surface area contributed by atoms with E-state index in [1.54, 1.807) is 14.2 Å². The van der Waals surface area contributed by atoms with E-state index in [2.05, 4.69) is 20.2 Å². The second-order valence-electron chi connectivity index (χ2n) is 8.25. The Morgan fingerprint density at radius 1 is 1.14 bits per heavy atom. The molecule has 0 aromatic heterocycles. The summed E-state index contributed by atoms with van der Waals surface area (Å²) in [4.78, 5) is 13.0. The van der Waals surface area contributed by atoms with Crippen molar-refractivity contribution >= 4 is 5.78 Å². The number of benzene rings is 2. The molecule has 29 heavy (non-hydrogen) atoms. The molecule has 0 spiro atoms. The number of carbonyl (C=O) groups is 1. The van der Waals surface area contributed by atoms with E-state index >= 15 is 0 Å². The summed E-state index contributed by atoms with van der Waals surface area (Å²) in [5.41, 5.74) is 3.26. The molecule has 2 aromatic carbocycles. The number of ether oxygens (including phenoxy) is 4. The Hall–Kier alpha value is -2.73. The summed E-state index contributed by atoms with van der Waals surface area (Å²) in [6.07, 6.45) is 1.77. The molecule has 1 atom stereocenters. The highest BCUT2D eigenvalue weighted by molar-refractivity contribution is 5.82. The minimum atomic E-state index is 0.00829. The molecule has 4 rings (SSSR count). The number of ketones is 1. The van der Waals surface area contributed by atoms with Crippen molar-refractivity contribution in [2.24, 2.45) is 0 Å². The van der Waals surface area contributed by atoms with Gasteiger partial charge in [0.15, 0.2) is 11.5 Å². The van der Waals surface area contributed by atoms with Gasteiger partial charge < -0.3 is 23.4 Å². The average molecular weight is 398 g/mol. The molecule has 0 radical (unpaired) electrons. The monoisotopic (exact) mass is 398 g/mol. The second-order valence-corrected chi connectivity index (χ2v) is 8.25. The normalized spacial score (nSPS) is 18.8. The predicted octanol–water partition coefficient (Wildman–Crippen LogP) is 3.31. The van der Waals surface area contributed by atoms with E-state index in [1.807, 2.05) is 24.3 Å². The van der Waals surface area contributed by atoms with Crippen LogP contribution in [0, 0.1) is 0 Å². The summed E-state index contributed by atoms with van der Waals surface area (Å²) in [6, 6.07) is 9.74. The van der Waals surface area contributed by atoms with Crippen LogP contribution >= 0.6 is 0 Å². The average Bonchev–Trinajstić information content (AvgIpc) is 3.17. The molecule has 2 aliphatic rings. The van der Waals surface area contributed by atoms with Crippen LogP contribution in [0.25, 0.3) is 0 Å². The summed E-state index contributed by atoms with van der Waals surface area (Å²) in [7, 11) is 7.65. The van der Waals surface area contributed by atoms with Gasteiger partial charge in [0.25, 0.3) is 0 Å². The van der Waals surface area contributed by atoms with E-state index < -0.39 is 0 Å². The van der Waals surface area contributed by atoms with Crippen molar-refractivity contribution in [1.82, 2.24) is 0 Å². The lowest BCUT2D eigenvalue weighted by Gasteiger charge is -2.43. The first-order valence-corrected chi connectivity index (χ1v) is 9.89. The first-order valence-electron chi connectivity index (χ1n) is 9.89. The van der Waals surface area contributed by atoms with Crippen LogP contribution in [0.4, 0.5) is 0 Å². The Morgan fingerprint density at radius 3 is 2.59 bits per heavy atom. The predicted molar refractivity (Wildman–Crippen MR) is 109 cm³/mol. The second kappa shape index (κ2) is 7.59. The van der Waals surface area contributed by atoms with Gasteiger partial charge in [0.05, 0.1) is 46.8 Å². The Bertz CT molecular complexity index is 920. The molecular weight excluding hydrogens is 370 g/mol. The van der Waals surface area contributed by atoms with E-state index in [1.165, 1.54) is 5.56 Å². The largest absolute Gasteiger partial charge is 0.497 e. The van der Waals surface area contributed by atoms with Crippen LogP contribution in [0.1, 0.15) is 29.2 Å². The molecule has 0 saturated carbocycles. The van der Waals surface area contributed by atoms with Crippen LogP contribution in [0.2, 0.25) is 0 Å². The summed E-state index contributed by atoms with van der Waals surface area (Å²) in [6.45, 7) is 1.16. The van der Waals surface area contributed by atoms with Gasteiger partial charge in [0.2, 0.25) is 12.5 Å². The molecule has 154 valence electrons. The molecule has 2 aromatic rings. The van der Waals surface area contributed by atoms with E-state index in [0.29, 0.717) is 24.3 Å². The van der Waals surface area contributed by atoms with E-state index in [4.69, 9.17) is 18.9 Å². The zero-order chi connectivity index (χ0) is 20.6. The fourth-order valence-electron chi connectivity index (χ4n) is 4.37. The number of rotatable bonds is 6. The van der Waals surface area contributed by atoms with Crippen molar-refractivity contribution in [3.8, 4) is 23.0 Å². The molecular formula is C23H28NO5+. The first-order chi connectivity index (χ1) is 13.9. The van der Waals surface area contributed by atoms with Gasteiger partial charge >= 0.3 is 0 Å². The molecule has 0 unspecified atom stereocenters. The number of quaternary nitrogens is 1. The smallest absolute Gasteiger partial charge is 0.231 e. The molecule has 6 heteroatoms. The minimum absolute atomic E-state index is 0.00829. The first kappa shape index (κ1) is 19.6. The molecule has 0 fully saturated rings. The highest BCUT2D eigenvalue weighted by atomic mass is 16.7. The SMILES string of the molecule is COc1ccc(CC(=O)C[C@@H]2c3c(cc4c(c3OC)OCO4)CC[N+]2(C)C)cc1. The number of hydrogen-bond donors (Lipinski definition) is 0. The van der Waals surface area contributed by atoms with Gasteiger partial charge in [-0.3, -0.25) is 4.79 Å². The van der Waals surface area contributed by atoms with Gasteiger partial charge in [0.1, 0.15) is 17.6 Å². The molecule has 0 amide bonds. The highest BCUT2D eigenvalue weighted by Crippen LogP contribution is 2.51. The van der Waals surface area contributed by atoms with Crippen LogP contribution in [0.3, 0.4) is 0 Å². The number of carbonyl (C=O) groups excluding carboxylic acids is 1. The maximum absolute atomic E-state index is 13.0. The Kier molecular flexibility index (Phi) is 5.13. The topological polar surface area (TPSA) is 54.0 Å². The van der Waals surface area contributed by atoms with Crippen molar-refractivity contribution in [2.45, 2.75) is 25.3 Å². The maximum Gasteiger partial charge on any atom is 0.231 e. The summed E-state index contributed by atoms with van der Waals surface area (Å²) >= 11 is 0. The van der Waals surface area contributed by atoms with Gasteiger partial charge in [-0.25, -0.2) is 0 Å². The minimum Gasteiger partial charge on any atom is -0.497 e. The number of methoxy groups -OCH3 is 2. The number of nitrogens with zero attached hydrogens (tertiary/aromatic N) is 1. The molecule has 0 bridgehead atoms. The summed E-state index contributed by atoms with van der Waals surface area (Å²) in [5.74, 6) is 3.10. The van der Waals surface area contributed by atoms with Crippen molar-refractivity contribution in [1.29, 1.82) is 0 Å². The van der Waals surface area contributed by atoms with Gasteiger partial charge in [-0.1, -0.05) is 12.1 Å². The quantitative estimate of drug-likeness (QED) is 0.699. The van der Waals surface area contributed by atoms with Crippen molar-refractivity contribution in [2.75, 3.05) is 41.7 Å². The molecule has 0 saturated heterocycles. The molecule has 0 N–H and O–H groups in total. The third kappa shape index (κ3) is 3.65. The van der Waals surface area contributed by atoms with Crippen LogP contribution in [0.5, 0.6) is 23.0 Å².